The van der Waals surface area contributed by atoms with Gasteiger partial charge in [0.1, 0.15) is 5.75 Å². The van der Waals surface area contributed by atoms with Crippen LogP contribution in [0.3, 0.4) is 0 Å². The van der Waals surface area contributed by atoms with Gasteiger partial charge in [-0.1, -0.05) is 0 Å². The predicted molar refractivity (Wildman–Crippen MR) is 96.4 cm³/mol. The summed E-state index contributed by atoms with van der Waals surface area (Å²) in [4.78, 5) is 24.1. The number of carbonyl (C=O) groups excluding carboxylic acids is 2. The molecule has 2 heterocycles. The number of benzene rings is 2. The molecule has 0 atom stereocenters. The molecule has 0 aliphatic carbocycles. The number of aromatic nitrogens is 2. The molecule has 1 aromatic heterocycles. The first kappa shape index (κ1) is 17.5. The summed E-state index contributed by atoms with van der Waals surface area (Å²) in [7, 11) is 0. The van der Waals surface area contributed by atoms with Crippen LogP contribution in [0.4, 0.5) is 5.69 Å². The quantitative estimate of drug-likeness (QED) is 0.649. The highest BCUT2D eigenvalue weighted by atomic mass is 16.7. The first-order chi connectivity index (χ1) is 13.6. The molecule has 9 nitrogen and oxygen atoms in total. The van der Waals surface area contributed by atoms with E-state index in [0.29, 0.717) is 34.4 Å². The number of carbonyl (C=O) groups is 2. The van der Waals surface area contributed by atoms with E-state index >= 15 is 0 Å². The minimum Gasteiger partial charge on any atom is -0.484 e. The van der Waals surface area contributed by atoms with Crippen molar-refractivity contribution in [1.29, 1.82) is 0 Å². The molecule has 0 saturated heterocycles. The van der Waals surface area contributed by atoms with Crippen molar-refractivity contribution in [1.82, 2.24) is 10.2 Å². The molecule has 2 aromatic carbocycles. The Balaban J connectivity index is 1.40. The predicted octanol–water partition coefficient (Wildman–Crippen LogP) is 2.69. The standard InChI is InChI=1S/C19H15N3O6/c1-11(23)14-6-16-17(28-10-27-16)7-15(14)21-18(24)8-25-13-4-2-12(3-5-13)19-22-20-9-26-19/h2-7,9H,8,10H2,1H3,(H,21,24). The van der Waals surface area contributed by atoms with Crippen molar-refractivity contribution in [2.45, 2.75) is 6.92 Å². The molecule has 1 N–H and O–H groups in total. The van der Waals surface area contributed by atoms with Gasteiger partial charge in [0.05, 0.1) is 5.69 Å². The van der Waals surface area contributed by atoms with Crippen LogP contribution in [0.2, 0.25) is 0 Å². The molecule has 0 unspecified atom stereocenters. The van der Waals surface area contributed by atoms with Crippen LogP contribution in [0, 0.1) is 0 Å². The normalized spacial score (nSPS) is 11.9. The summed E-state index contributed by atoms with van der Waals surface area (Å²) in [5.74, 6) is 1.21. The molecule has 1 amide bonds. The number of ketones is 1. The third kappa shape index (κ3) is 3.63. The summed E-state index contributed by atoms with van der Waals surface area (Å²) < 4.78 is 21.2. The summed E-state index contributed by atoms with van der Waals surface area (Å²) in [5.41, 5.74) is 1.42. The van der Waals surface area contributed by atoms with Crippen LogP contribution in [-0.2, 0) is 4.79 Å². The number of amides is 1. The largest absolute Gasteiger partial charge is 0.484 e. The third-order valence-electron chi connectivity index (χ3n) is 4.00. The van der Waals surface area contributed by atoms with Crippen molar-refractivity contribution in [3.05, 3.63) is 48.4 Å². The van der Waals surface area contributed by atoms with Gasteiger partial charge in [-0.15, -0.1) is 10.2 Å². The summed E-state index contributed by atoms with van der Waals surface area (Å²) in [6.45, 7) is 1.26. The van der Waals surface area contributed by atoms with Gasteiger partial charge in [0.25, 0.3) is 5.91 Å². The Morgan fingerprint density at radius 2 is 1.89 bits per heavy atom. The van der Waals surface area contributed by atoms with Crippen LogP contribution in [0.15, 0.2) is 47.2 Å². The molecule has 28 heavy (non-hydrogen) atoms. The van der Waals surface area contributed by atoms with E-state index in [1.54, 1.807) is 36.4 Å². The maximum Gasteiger partial charge on any atom is 0.262 e. The first-order valence-electron chi connectivity index (χ1n) is 8.34. The van der Waals surface area contributed by atoms with E-state index < -0.39 is 5.91 Å². The minimum atomic E-state index is -0.414. The number of Topliss-reactive ketones (excluding diaryl/α,β-unsaturated/α-hetero) is 1. The zero-order valence-electron chi connectivity index (χ0n) is 14.8. The highest BCUT2D eigenvalue weighted by Crippen LogP contribution is 2.37. The molecular weight excluding hydrogens is 366 g/mol. The van der Waals surface area contributed by atoms with Gasteiger partial charge in [-0.25, -0.2) is 0 Å². The molecule has 4 rings (SSSR count). The molecule has 142 valence electrons. The van der Waals surface area contributed by atoms with Gasteiger partial charge in [0.15, 0.2) is 23.9 Å². The number of hydrogen-bond donors (Lipinski definition) is 1. The van der Waals surface area contributed by atoms with E-state index in [1.165, 1.54) is 13.3 Å². The van der Waals surface area contributed by atoms with Crippen LogP contribution in [0.5, 0.6) is 17.2 Å². The molecule has 1 aliphatic heterocycles. The number of nitrogens with zero attached hydrogens (tertiary/aromatic N) is 2. The van der Waals surface area contributed by atoms with Crippen LogP contribution < -0.4 is 19.5 Å². The Hall–Kier alpha value is -3.88. The summed E-state index contributed by atoms with van der Waals surface area (Å²) in [6.07, 6.45) is 1.25. The van der Waals surface area contributed by atoms with Gasteiger partial charge in [-0.3, -0.25) is 9.59 Å². The number of ether oxygens (including phenoxy) is 3. The number of hydrogen-bond acceptors (Lipinski definition) is 8. The Bertz CT molecular complexity index is 1010. The number of rotatable bonds is 6. The van der Waals surface area contributed by atoms with Gasteiger partial charge in [0.2, 0.25) is 19.1 Å². The van der Waals surface area contributed by atoms with Gasteiger partial charge >= 0.3 is 0 Å². The smallest absolute Gasteiger partial charge is 0.262 e. The second-order valence-corrected chi connectivity index (χ2v) is 5.91. The van der Waals surface area contributed by atoms with E-state index in [2.05, 4.69) is 15.5 Å². The van der Waals surface area contributed by atoms with Crippen LogP contribution in [0.1, 0.15) is 17.3 Å². The first-order valence-corrected chi connectivity index (χ1v) is 8.34. The lowest BCUT2D eigenvalue weighted by molar-refractivity contribution is -0.118. The summed E-state index contributed by atoms with van der Waals surface area (Å²) >= 11 is 0. The van der Waals surface area contributed by atoms with Crippen LogP contribution in [0.25, 0.3) is 11.5 Å². The van der Waals surface area contributed by atoms with Crippen molar-refractivity contribution in [3.63, 3.8) is 0 Å². The number of anilines is 1. The molecule has 0 bridgehead atoms. The molecule has 9 heteroatoms. The highest BCUT2D eigenvalue weighted by Gasteiger charge is 2.20. The lowest BCUT2D eigenvalue weighted by atomic mass is 10.1. The van der Waals surface area contributed by atoms with Crippen molar-refractivity contribution < 1.29 is 28.2 Å². The molecule has 0 fully saturated rings. The molecule has 0 radical (unpaired) electrons. The molecule has 3 aromatic rings. The Kier molecular flexibility index (Phi) is 4.63. The second kappa shape index (κ2) is 7.39. The second-order valence-electron chi connectivity index (χ2n) is 5.91. The van der Waals surface area contributed by atoms with E-state index in [4.69, 9.17) is 18.6 Å². The fourth-order valence-electron chi connectivity index (χ4n) is 2.66. The number of fused-ring (bicyclic) bond motifs is 1. The molecule has 1 aliphatic rings. The maximum atomic E-state index is 12.3. The lowest BCUT2D eigenvalue weighted by Crippen LogP contribution is -2.21. The van der Waals surface area contributed by atoms with E-state index in [-0.39, 0.29) is 19.2 Å². The third-order valence-corrected chi connectivity index (χ3v) is 4.00. The Morgan fingerprint density at radius 1 is 1.14 bits per heavy atom. The van der Waals surface area contributed by atoms with E-state index in [1.807, 2.05) is 0 Å². The maximum absolute atomic E-state index is 12.3. The van der Waals surface area contributed by atoms with Gasteiger partial charge < -0.3 is 23.9 Å². The van der Waals surface area contributed by atoms with Crippen LogP contribution >= 0.6 is 0 Å². The molecular formula is C19H15N3O6. The molecule has 0 spiro atoms. The monoisotopic (exact) mass is 381 g/mol. The average Bonchev–Trinajstić information content (AvgIpc) is 3.37. The van der Waals surface area contributed by atoms with Gasteiger partial charge in [0, 0.05) is 17.2 Å². The summed E-state index contributed by atoms with van der Waals surface area (Å²) in [5, 5.41) is 10.1. The van der Waals surface area contributed by atoms with Crippen molar-refractivity contribution in [2.75, 3.05) is 18.7 Å². The fraction of sp³-hybridized carbons (Fsp3) is 0.158. The van der Waals surface area contributed by atoms with E-state index in [9.17, 15) is 9.59 Å². The SMILES string of the molecule is CC(=O)c1cc2c(cc1NC(=O)COc1ccc(-c3nnco3)cc1)OCO2. The lowest BCUT2D eigenvalue weighted by Gasteiger charge is -2.11. The van der Waals surface area contributed by atoms with Crippen molar-refractivity contribution >= 4 is 17.4 Å². The minimum absolute atomic E-state index is 0.0762. The summed E-state index contributed by atoms with van der Waals surface area (Å²) in [6, 6.07) is 9.98. The fourth-order valence-corrected chi connectivity index (χ4v) is 2.66. The van der Waals surface area contributed by atoms with E-state index in [0.717, 1.165) is 5.56 Å². The van der Waals surface area contributed by atoms with Crippen molar-refractivity contribution in [2.24, 2.45) is 0 Å². The Labute approximate surface area is 159 Å². The topological polar surface area (TPSA) is 113 Å². The van der Waals surface area contributed by atoms with Gasteiger partial charge in [-0.2, -0.15) is 0 Å². The van der Waals surface area contributed by atoms with Crippen LogP contribution in [-0.4, -0.2) is 35.3 Å². The molecule has 0 saturated carbocycles. The van der Waals surface area contributed by atoms with Gasteiger partial charge in [-0.05, 0) is 37.3 Å². The zero-order valence-corrected chi connectivity index (χ0v) is 14.8. The number of nitrogens with one attached hydrogen (secondary N) is 1. The van der Waals surface area contributed by atoms with Crippen molar-refractivity contribution in [3.8, 4) is 28.7 Å². The average molecular weight is 381 g/mol. The highest BCUT2D eigenvalue weighted by molar-refractivity contribution is 6.04. The zero-order chi connectivity index (χ0) is 19.5. The Morgan fingerprint density at radius 3 is 2.57 bits per heavy atom.